The van der Waals surface area contributed by atoms with E-state index in [1.54, 1.807) is 29.7 Å². The number of hydrogen-bond donors (Lipinski definition) is 1. The first-order valence-electron chi connectivity index (χ1n) is 6.57. The van der Waals surface area contributed by atoms with Crippen LogP contribution in [0.5, 0.6) is 0 Å². The molecule has 0 aliphatic carbocycles. The Labute approximate surface area is 126 Å². The standard InChI is InChI=1S/C12H24N4O2S2/c1-11(5-8-19-4)15(3)20(17,18)12-9-14-16(10-12)7-6-13-2/h9-11,13H,5-8H2,1-4H3. The quantitative estimate of drug-likeness (QED) is 0.731. The van der Waals surface area contributed by atoms with Crippen LogP contribution >= 0.6 is 11.8 Å². The summed E-state index contributed by atoms with van der Waals surface area (Å²) in [5, 5.41) is 7.10. The minimum atomic E-state index is -3.45. The molecule has 0 radical (unpaired) electrons. The van der Waals surface area contributed by atoms with Gasteiger partial charge in [0.05, 0.1) is 12.7 Å². The molecule has 0 bridgehead atoms. The summed E-state index contributed by atoms with van der Waals surface area (Å²) in [4.78, 5) is 0.257. The van der Waals surface area contributed by atoms with Gasteiger partial charge < -0.3 is 5.32 Å². The first-order valence-corrected chi connectivity index (χ1v) is 9.41. The number of thioether (sulfide) groups is 1. The lowest BCUT2D eigenvalue weighted by molar-refractivity contribution is 0.382. The second-order valence-corrected chi connectivity index (χ2v) is 7.68. The van der Waals surface area contributed by atoms with Crippen LogP contribution in [0.4, 0.5) is 0 Å². The summed E-state index contributed by atoms with van der Waals surface area (Å²) in [6, 6.07) is -0.0203. The highest BCUT2D eigenvalue weighted by molar-refractivity contribution is 7.98. The van der Waals surface area contributed by atoms with Crippen LogP contribution in [0.25, 0.3) is 0 Å². The Hall–Kier alpha value is -0.570. The molecule has 0 fully saturated rings. The SMILES string of the molecule is CNCCn1cc(S(=O)(=O)N(C)C(C)CCSC)cn1. The normalized spacial score (nSPS) is 13.8. The molecule has 0 spiro atoms. The lowest BCUT2D eigenvalue weighted by Gasteiger charge is -2.23. The van der Waals surface area contributed by atoms with Crippen LogP contribution in [0.3, 0.4) is 0 Å². The molecule has 20 heavy (non-hydrogen) atoms. The van der Waals surface area contributed by atoms with Crippen LogP contribution < -0.4 is 5.32 Å². The van der Waals surface area contributed by atoms with Gasteiger partial charge in [-0.25, -0.2) is 8.42 Å². The topological polar surface area (TPSA) is 67.2 Å². The molecule has 0 aromatic carbocycles. The van der Waals surface area contributed by atoms with Gasteiger partial charge in [0.15, 0.2) is 0 Å². The maximum absolute atomic E-state index is 12.5. The van der Waals surface area contributed by atoms with Gasteiger partial charge in [0.1, 0.15) is 4.90 Å². The van der Waals surface area contributed by atoms with E-state index in [0.29, 0.717) is 6.54 Å². The van der Waals surface area contributed by atoms with Crippen LogP contribution in [0.2, 0.25) is 0 Å². The van der Waals surface area contributed by atoms with Crippen LogP contribution in [-0.2, 0) is 16.6 Å². The number of sulfonamides is 1. The van der Waals surface area contributed by atoms with Gasteiger partial charge in [-0.15, -0.1) is 0 Å². The van der Waals surface area contributed by atoms with Crippen molar-refractivity contribution in [2.45, 2.75) is 30.8 Å². The zero-order valence-corrected chi connectivity index (χ0v) is 14.2. The van der Waals surface area contributed by atoms with Gasteiger partial charge in [-0.3, -0.25) is 4.68 Å². The zero-order valence-electron chi connectivity index (χ0n) is 12.5. The first kappa shape index (κ1) is 17.5. The molecule has 0 saturated heterocycles. The van der Waals surface area contributed by atoms with E-state index in [-0.39, 0.29) is 10.9 Å². The van der Waals surface area contributed by atoms with Gasteiger partial charge in [0.2, 0.25) is 10.0 Å². The average Bonchev–Trinajstić information content (AvgIpc) is 2.91. The molecule has 1 aromatic rings. The fourth-order valence-corrected chi connectivity index (χ4v) is 3.62. The van der Waals surface area contributed by atoms with E-state index in [2.05, 4.69) is 10.4 Å². The summed E-state index contributed by atoms with van der Waals surface area (Å²) in [6.07, 6.45) is 5.87. The molecule has 0 amide bonds. The van der Waals surface area contributed by atoms with E-state index >= 15 is 0 Å². The fourth-order valence-electron chi connectivity index (χ4n) is 1.70. The maximum atomic E-state index is 12.5. The van der Waals surface area contributed by atoms with E-state index in [0.717, 1.165) is 18.7 Å². The minimum Gasteiger partial charge on any atom is -0.318 e. The molecule has 8 heteroatoms. The van der Waals surface area contributed by atoms with Crippen LogP contribution in [0.1, 0.15) is 13.3 Å². The Bertz CT molecular complexity index is 501. The van der Waals surface area contributed by atoms with E-state index in [1.165, 1.54) is 10.5 Å². The Morgan fingerprint density at radius 2 is 2.25 bits per heavy atom. The Morgan fingerprint density at radius 3 is 2.85 bits per heavy atom. The lowest BCUT2D eigenvalue weighted by atomic mass is 10.3. The highest BCUT2D eigenvalue weighted by Crippen LogP contribution is 2.18. The third-order valence-electron chi connectivity index (χ3n) is 3.24. The molecule has 1 atom stereocenters. The molecule has 1 heterocycles. The summed E-state index contributed by atoms with van der Waals surface area (Å²) in [5.41, 5.74) is 0. The molecule has 0 aliphatic heterocycles. The Balaban J connectivity index is 2.79. The molecule has 6 nitrogen and oxygen atoms in total. The Kier molecular flexibility index (Phi) is 7.01. The third-order valence-corrected chi connectivity index (χ3v) is 5.81. The number of likely N-dealkylation sites (N-methyl/N-ethyl adjacent to an activating group) is 1. The van der Waals surface area contributed by atoms with Crippen molar-refractivity contribution in [2.24, 2.45) is 0 Å². The summed E-state index contributed by atoms with van der Waals surface area (Å²) in [7, 11) is 0.0273. The third kappa shape index (κ3) is 4.47. The summed E-state index contributed by atoms with van der Waals surface area (Å²) >= 11 is 1.72. The van der Waals surface area contributed by atoms with Crippen molar-refractivity contribution in [3.63, 3.8) is 0 Å². The van der Waals surface area contributed by atoms with Crippen molar-refractivity contribution < 1.29 is 8.42 Å². The maximum Gasteiger partial charge on any atom is 0.246 e. The number of hydrogen-bond acceptors (Lipinski definition) is 5. The second kappa shape index (κ2) is 8.02. The smallest absolute Gasteiger partial charge is 0.246 e. The van der Waals surface area contributed by atoms with Gasteiger partial charge >= 0.3 is 0 Å². The lowest BCUT2D eigenvalue weighted by Crippen LogP contribution is -2.35. The predicted octanol–water partition coefficient (Wildman–Crippen LogP) is 0.865. The number of rotatable bonds is 9. The molecule has 1 aromatic heterocycles. The number of aromatic nitrogens is 2. The highest BCUT2D eigenvalue weighted by Gasteiger charge is 2.26. The van der Waals surface area contributed by atoms with Crippen LogP contribution in [0, 0.1) is 0 Å². The number of nitrogens with one attached hydrogen (secondary N) is 1. The monoisotopic (exact) mass is 320 g/mol. The first-order chi connectivity index (χ1) is 9.43. The molecule has 0 aliphatic rings. The van der Waals surface area contributed by atoms with Crippen molar-refractivity contribution in [1.29, 1.82) is 0 Å². The predicted molar refractivity (Wildman–Crippen MR) is 83.6 cm³/mol. The van der Waals surface area contributed by atoms with Crippen molar-refractivity contribution in [2.75, 3.05) is 32.6 Å². The van der Waals surface area contributed by atoms with Crippen molar-refractivity contribution in [1.82, 2.24) is 19.4 Å². The fraction of sp³-hybridized carbons (Fsp3) is 0.750. The zero-order chi connectivity index (χ0) is 15.2. The van der Waals surface area contributed by atoms with E-state index < -0.39 is 10.0 Å². The van der Waals surface area contributed by atoms with Crippen molar-refractivity contribution >= 4 is 21.8 Å². The van der Waals surface area contributed by atoms with Gasteiger partial charge in [-0.2, -0.15) is 21.2 Å². The Morgan fingerprint density at radius 1 is 1.55 bits per heavy atom. The largest absolute Gasteiger partial charge is 0.318 e. The van der Waals surface area contributed by atoms with Gasteiger partial charge in [0.25, 0.3) is 0 Å². The molecule has 1 N–H and O–H groups in total. The van der Waals surface area contributed by atoms with Crippen molar-refractivity contribution in [3.05, 3.63) is 12.4 Å². The summed E-state index contributed by atoms with van der Waals surface area (Å²) in [5.74, 6) is 0.947. The van der Waals surface area contributed by atoms with Gasteiger partial charge in [0, 0.05) is 25.8 Å². The van der Waals surface area contributed by atoms with Crippen LogP contribution in [-0.4, -0.2) is 61.2 Å². The molecular formula is C12H24N4O2S2. The van der Waals surface area contributed by atoms with E-state index in [9.17, 15) is 8.42 Å². The van der Waals surface area contributed by atoms with Gasteiger partial charge in [-0.05, 0) is 32.4 Å². The molecule has 1 rings (SSSR count). The molecular weight excluding hydrogens is 296 g/mol. The highest BCUT2D eigenvalue weighted by atomic mass is 32.2. The van der Waals surface area contributed by atoms with E-state index in [1.807, 2.05) is 20.2 Å². The summed E-state index contributed by atoms with van der Waals surface area (Å²) < 4.78 is 28.0. The van der Waals surface area contributed by atoms with Crippen LogP contribution in [0.15, 0.2) is 17.3 Å². The molecule has 1 unspecified atom stereocenters. The second-order valence-electron chi connectivity index (χ2n) is 4.69. The number of nitrogens with zero attached hydrogens (tertiary/aromatic N) is 3. The summed E-state index contributed by atoms with van der Waals surface area (Å²) in [6.45, 7) is 3.33. The molecule has 0 saturated carbocycles. The van der Waals surface area contributed by atoms with Gasteiger partial charge in [-0.1, -0.05) is 0 Å². The average molecular weight is 320 g/mol. The van der Waals surface area contributed by atoms with Crippen molar-refractivity contribution in [3.8, 4) is 0 Å². The molecule has 116 valence electrons. The van der Waals surface area contributed by atoms with E-state index in [4.69, 9.17) is 0 Å². The minimum absolute atomic E-state index is 0.0203.